The second-order valence-corrected chi connectivity index (χ2v) is 5.40. The van der Waals surface area contributed by atoms with E-state index in [4.69, 9.17) is 4.74 Å². The maximum Gasteiger partial charge on any atom is 0.168 e. The van der Waals surface area contributed by atoms with E-state index in [1.807, 2.05) is 12.1 Å². The molecule has 1 unspecified atom stereocenters. The van der Waals surface area contributed by atoms with Crippen LogP contribution in [0, 0.1) is 5.92 Å². The molecule has 1 fully saturated rings. The lowest BCUT2D eigenvalue weighted by Crippen LogP contribution is -2.35. The molecule has 4 heteroatoms. The molecule has 2 heterocycles. The molecule has 0 spiro atoms. The zero-order chi connectivity index (χ0) is 13.5. The molecule has 0 aliphatic carbocycles. The van der Waals surface area contributed by atoms with E-state index in [2.05, 4.69) is 22.1 Å². The standard InChI is InChI=1S/C15H25N3O/c1-13(12-18-9-4-3-5-10-18)11-17-15-14(19-2)7-6-8-16-15/h6-8,13H,3-5,9-12H2,1-2H3,(H,16,17). The summed E-state index contributed by atoms with van der Waals surface area (Å²) in [5.74, 6) is 2.27. The molecule has 1 aliphatic heterocycles. The van der Waals surface area contributed by atoms with Crippen molar-refractivity contribution in [1.82, 2.24) is 9.88 Å². The van der Waals surface area contributed by atoms with E-state index >= 15 is 0 Å². The fourth-order valence-corrected chi connectivity index (χ4v) is 2.61. The highest BCUT2D eigenvalue weighted by Gasteiger charge is 2.13. The molecule has 1 atom stereocenters. The average Bonchev–Trinajstić information content (AvgIpc) is 2.46. The monoisotopic (exact) mass is 263 g/mol. The van der Waals surface area contributed by atoms with Crippen LogP contribution in [0.4, 0.5) is 5.82 Å². The molecule has 0 saturated carbocycles. The van der Waals surface area contributed by atoms with Crippen LogP contribution in [-0.4, -0.2) is 43.2 Å². The summed E-state index contributed by atoms with van der Waals surface area (Å²) in [4.78, 5) is 6.89. The lowest BCUT2D eigenvalue weighted by molar-refractivity contribution is 0.204. The van der Waals surface area contributed by atoms with Gasteiger partial charge in [-0.05, 0) is 44.0 Å². The molecule has 106 valence electrons. The van der Waals surface area contributed by atoms with Gasteiger partial charge in [0, 0.05) is 19.3 Å². The minimum atomic E-state index is 0.616. The van der Waals surface area contributed by atoms with Gasteiger partial charge in [0.05, 0.1) is 7.11 Å². The third kappa shape index (κ3) is 4.39. The van der Waals surface area contributed by atoms with E-state index in [-0.39, 0.29) is 0 Å². The van der Waals surface area contributed by atoms with Crippen LogP contribution >= 0.6 is 0 Å². The van der Waals surface area contributed by atoms with Gasteiger partial charge in [-0.2, -0.15) is 0 Å². The van der Waals surface area contributed by atoms with Crippen LogP contribution in [0.15, 0.2) is 18.3 Å². The topological polar surface area (TPSA) is 37.4 Å². The fraction of sp³-hybridized carbons (Fsp3) is 0.667. The quantitative estimate of drug-likeness (QED) is 0.856. The van der Waals surface area contributed by atoms with Crippen LogP contribution in [0.5, 0.6) is 5.75 Å². The second-order valence-electron chi connectivity index (χ2n) is 5.40. The number of nitrogens with zero attached hydrogens (tertiary/aromatic N) is 2. The van der Waals surface area contributed by atoms with Crippen LogP contribution in [-0.2, 0) is 0 Å². The van der Waals surface area contributed by atoms with Crippen LogP contribution < -0.4 is 10.1 Å². The minimum absolute atomic E-state index is 0.616. The van der Waals surface area contributed by atoms with E-state index in [0.717, 1.165) is 18.1 Å². The van der Waals surface area contributed by atoms with E-state index in [9.17, 15) is 0 Å². The van der Waals surface area contributed by atoms with Gasteiger partial charge >= 0.3 is 0 Å². The Kier molecular flexibility index (Phi) is 5.45. The Bertz CT molecular complexity index is 377. The van der Waals surface area contributed by atoms with Gasteiger partial charge in [0.2, 0.25) is 0 Å². The number of methoxy groups -OCH3 is 1. The van der Waals surface area contributed by atoms with Gasteiger partial charge < -0.3 is 15.0 Å². The summed E-state index contributed by atoms with van der Waals surface area (Å²) in [6, 6.07) is 3.83. The third-order valence-corrected chi connectivity index (χ3v) is 3.63. The first-order valence-corrected chi connectivity index (χ1v) is 7.25. The number of hydrogen-bond acceptors (Lipinski definition) is 4. The van der Waals surface area contributed by atoms with Gasteiger partial charge in [-0.3, -0.25) is 0 Å². The largest absolute Gasteiger partial charge is 0.493 e. The Hall–Kier alpha value is -1.29. The fourth-order valence-electron chi connectivity index (χ4n) is 2.61. The van der Waals surface area contributed by atoms with Crippen LogP contribution in [0.1, 0.15) is 26.2 Å². The first-order valence-electron chi connectivity index (χ1n) is 7.25. The van der Waals surface area contributed by atoms with Gasteiger partial charge in [0.15, 0.2) is 11.6 Å². The molecule has 1 aliphatic rings. The molecular weight excluding hydrogens is 238 g/mol. The molecule has 0 radical (unpaired) electrons. The maximum absolute atomic E-state index is 5.29. The number of anilines is 1. The Morgan fingerprint density at radius 3 is 2.89 bits per heavy atom. The normalized spacial score (nSPS) is 18.0. The van der Waals surface area contributed by atoms with Crippen molar-refractivity contribution in [3.8, 4) is 5.75 Å². The predicted octanol–water partition coefficient (Wildman–Crippen LogP) is 2.62. The summed E-state index contributed by atoms with van der Waals surface area (Å²) < 4.78 is 5.29. The van der Waals surface area contributed by atoms with Gasteiger partial charge in [-0.1, -0.05) is 13.3 Å². The SMILES string of the molecule is COc1cccnc1NCC(C)CN1CCCCC1. The van der Waals surface area contributed by atoms with Gasteiger partial charge in [0.1, 0.15) is 0 Å². The Labute approximate surface area is 116 Å². The van der Waals surface area contributed by atoms with Crippen molar-refractivity contribution in [3.05, 3.63) is 18.3 Å². The smallest absolute Gasteiger partial charge is 0.168 e. The summed E-state index contributed by atoms with van der Waals surface area (Å²) in [7, 11) is 1.68. The van der Waals surface area contributed by atoms with Crippen molar-refractivity contribution in [2.45, 2.75) is 26.2 Å². The first-order chi connectivity index (χ1) is 9.29. The number of ether oxygens (including phenoxy) is 1. The molecule has 19 heavy (non-hydrogen) atoms. The molecule has 0 amide bonds. The Morgan fingerprint density at radius 1 is 1.37 bits per heavy atom. The molecule has 2 rings (SSSR count). The third-order valence-electron chi connectivity index (χ3n) is 3.63. The zero-order valence-corrected chi connectivity index (χ0v) is 12.1. The van der Waals surface area contributed by atoms with Crippen molar-refractivity contribution < 1.29 is 4.74 Å². The average molecular weight is 263 g/mol. The number of rotatable bonds is 6. The van der Waals surface area contributed by atoms with Crippen molar-refractivity contribution in [2.24, 2.45) is 5.92 Å². The van der Waals surface area contributed by atoms with Crippen LogP contribution in [0.3, 0.4) is 0 Å². The highest BCUT2D eigenvalue weighted by atomic mass is 16.5. The van der Waals surface area contributed by atoms with Gasteiger partial charge in [-0.25, -0.2) is 4.98 Å². The highest BCUT2D eigenvalue weighted by molar-refractivity contribution is 5.49. The molecule has 1 aromatic rings. The van der Waals surface area contributed by atoms with Crippen molar-refractivity contribution >= 4 is 5.82 Å². The predicted molar refractivity (Wildman–Crippen MR) is 78.7 cm³/mol. The number of hydrogen-bond donors (Lipinski definition) is 1. The number of likely N-dealkylation sites (tertiary alicyclic amines) is 1. The van der Waals surface area contributed by atoms with Crippen LogP contribution in [0.25, 0.3) is 0 Å². The number of piperidine rings is 1. The zero-order valence-electron chi connectivity index (χ0n) is 12.1. The van der Waals surface area contributed by atoms with E-state index in [0.29, 0.717) is 5.92 Å². The second kappa shape index (κ2) is 7.34. The van der Waals surface area contributed by atoms with E-state index in [1.54, 1.807) is 13.3 Å². The summed E-state index contributed by atoms with van der Waals surface area (Å²) >= 11 is 0. The van der Waals surface area contributed by atoms with E-state index in [1.165, 1.54) is 38.9 Å². The molecule has 1 aromatic heterocycles. The molecule has 0 bridgehead atoms. The van der Waals surface area contributed by atoms with Crippen molar-refractivity contribution in [1.29, 1.82) is 0 Å². The number of pyridine rings is 1. The molecule has 4 nitrogen and oxygen atoms in total. The Morgan fingerprint density at radius 2 is 2.16 bits per heavy atom. The van der Waals surface area contributed by atoms with Gasteiger partial charge in [0.25, 0.3) is 0 Å². The summed E-state index contributed by atoms with van der Waals surface area (Å²) in [6.07, 6.45) is 5.90. The Balaban J connectivity index is 1.77. The lowest BCUT2D eigenvalue weighted by Gasteiger charge is -2.29. The lowest BCUT2D eigenvalue weighted by atomic mass is 10.1. The summed E-state index contributed by atoms with van der Waals surface area (Å²) in [5.41, 5.74) is 0. The molecular formula is C15H25N3O. The van der Waals surface area contributed by atoms with Crippen molar-refractivity contribution in [3.63, 3.8) is 0 Å². The molecule has 1 N–H and O–H groups in total. The number of aromatic nitrogens is 1. The molecule has 0 aromatic carbocycles. The van der Waals surface area contributed by atoms with Crippen molar-refractivity contribution in [2.75, 3.05) is 38.6 Å². The van der Waals surface area contributed by atoms with Crippen LogP contribution in [0.2, 0.25) is 0 Å². The summed E-state index contributed by atoms with van der Waals surface area (Å²) in [6.45, 7) is 6.91. The number of nitrogens with one attached hydrogen (secondary N) is 1. The maximum atomic E-state index is 5.29. The summed E-state index contributed by atoms with van der Waals surface area (Å²) in [5, 5.41) is 3.39. The van der Waals surface area contributed by atoms with E-state index < -0.39 is 0 Å². The minimum Gasteiger partial charge on any atom is -0.493 e. The molecule has 1 saturated heterocycles. The van der Waals surface area contributed by atoms with Gasteiger partial charge in [-0.15, -0.1) is 0 Å². The first kappa shape index (κ1) is 14.1. The highest BCUT2D eigenvalue weighted by Crippen LogP contribution is 2.20.